The lowest BCUT2D eigenvalue weighted by atomic mass is 10.2. The van der Waals surface area contributed by atoms with Gasteiger partial charge in [-0.05, 0) is 30.3 Å². The molecule has 0 heterocycles. The molecule has 1 N–H and O–H groups in total. The summed E-state index contributed by atoms with van der Waals surface area (Å²) in [6.07, 6.45) is 0. The predicted octanol–water partition coefficient (Wildman–Crippen LogP) is 3.80. The number of esters is 1. The van der Waals surface area contributed by atoms with Crippen molar-refractivity contribution in [1.82, 2.24) is 0 Å². The highest BCUT2D eigenvalue weighted by molar-refractivity contribution is 6.35. The van der Waals surface area contributed by atoms with Gasteiger partial charge in [-0.1, -0.05) is 29.3 Å². The topological polar surface area (TPSA) is 64.6 Å². The number of hydrogen-bond acceptors (Lipinski definition) is 4. The van der Waals surface area contributed by atoms with Gasteiger partial charge in [0.05, 0.1) is 17.7 Å². The van der Waals surface area contributed by atoms with E-state index in [0.717, 1.165) is 0 Å². The Labute approximate surface area is 143 Å². The van der Waals surface area contributed by atoms with E-state index >= 15 is 0 Å². The molecule has 0 aliphatic heterocycles. The van der Waals surface area contributed by atoms with Crippen LogP contribution in [-0.2, 0) is 9.53 Å². The summed E-state index contributed by atoms with van der Waals surface area (Å²) in [6, 6.07) is 11.2. The third-order valence-electron chi connectivity index (χ3n) is 2.84. The molecule has 2 aromatic carbocycles. The summed E-state index contributed by atoms with van der Waals surface area (Å²) in [4.78, 5) is 23.7. The highest BCUT2D eigenvalue weighted by atomic mass is 35.5. The number of anilines is 1. The second-order valence-corrected chi connectivity index (χ2v) is 5.32. The summed E-state index contributed by atoms with van der Waals surface area (Å²) in [6.45, 7) is -0.446. The Morgan fingerprint density at radius 1 is 1.13 bits per heavy atom. The Balaban J connectivity index is 1.93. The highest BCUT2D eigenvalue weighted by Gasteiger charge is 2.14. The predicted molar refractivity (Wildman–Crippen MR) is 88.4 cm³/mol. The minimum absolute atomic E-state index is 0.105. The fraction of sp³-hybridized carbons (Fsp3) is 0.125. The van der Waals surface area contributed by atoms with Crippen LogP contribution >= 0.6 is 23.2 Å². The van der Waals surface area contributed by atoms with E-state index < -0.39 is 18.5 Å². The average molecular weight is 354 g/mol. The Bertz CT molecular complexity index is 734. The molecule has 0 atom stereocenters. The zero-order chi connectivity index (χ0) is 16.8. The normalized spacial score (nSPS) is 10.0. The molecule has 0 saturated heterocycles. The number of carbonyl (C=O) groups is 2. The lowest BCUT2D eigenvalue weighted by Gasteiger charge is -2.08. The first kappa shape index (κ1) is 17.1. The number of ether oxygens (including phenoxy) is 2. The van der Waals surface area contributed by atoms with E-state index in [2.05, 4.69) is 5.32 Å². The lowest BCUT2D eigenvalue weighted by Crippen LogP contribution is -2.21. The molecule has 120 valence electrons. The fourth-order valence-corrected chi connectivity index (χ4v) is 2.13. The summed E-state index contributed by atoms with van der Waals surface area (Å²) in [5.41, 5.74) is 0.638. The molecule has 0 fully saturated rings. The first-order valence-electron chi connectivity index (χ1n) is 6.55. The van der Waals surface area contributed by atoms with Crippen LogP contribution < -0.4 is 10.1 Å². The number of carbonyl (C=O) groups excluding carboxylic acids is 2. The standard InChI is InChI=1S/C16H13Cl2NO4/c1-22-12-4-2-3-11(8-12)19-15(20)9-23-16(21)13-7-10(17)5-6-14(13)18/h2-8H,9H2,1H3,(H,19,20). The Morgan fingerprint density at radius 2 is 1.91 bits per heavy atom. The molecule has 2 rings (SSSR count). The van der Waals surface area contributed by atoms with Crippen molar-refractivity contribution in [2.75, 3.05) is 19.0 Å². The largest absolute Gasteiger partial charge is 0.497 e. The van der Waals surface area contributed by atoms with Crippen LogP contribution in [-0.4, -0.2) is 25.6 Å². The summed E-state index contributed by atoms with van der Waals surface area (Å²) in [5.74, 6) is -0.603. The van der Waals surface area contributed by atoms with Gasteiger partial charge in [0.2, 0.25) is 0 Å². The Morgan fingerprint density at radius 3 is 2.65 bits per heavy atom. The molecule has 0 aliphatic rings. The number of methoxy groups -OCH3 is 1. The molecule has 23 heavy (non-hydrogen) atoms. The van der Waals surface area contributed by atoms with E-state index in [-0.39, 0.29) is 10.6 Å². The molecule has 0 saturated carbocycles. The van der Waals surface area contributed by atoms with Crippen LogP contribution in [0.15, 0.2) is 42.5 Å². The molecule has 0 spiro atoms. The minimum atomic E-state index is -0.724. The number of amides is 1. The van der Waals surface area contributed by atoms with Crippen molar-refractivity contribution in [3.8, 4) is 5.75 Å². The number of nitrogens with one attached hydrogen (secondary N) is 1. The van der Waals surface area contributed by atoms with Crippen LogP contribution in [0.25, 0.3) is 0 Å². The van der Waals surface area contributed by atoms with E-state index in [1.165, 1.54) is 19.2 Å². The summed E-state index contributed by atoms with van der Waals surface area (Å²) in [7, 11) is 1.53. The number of benzene rings is 2. The van der Waals surface area contributed by atoms with Crippen LogP contribution in [0.2, 0.25) is 10.0 Å². The van der Waals surface area contributed by atoms with E-state index in [1.807, 2.05) is 0 Å². The SMILES string of the molecule is COc1cccc(NC(=O)COC(=O)c2cc(Cl)ccc2Cl)c1. The lowest BCUT2D eigenvalue weighted by molar-refractivity contribution is -0.119. The molecule has 7 heteroatoms. The Kier molecular flexibility index (Phi) is 5.84. The van der Waals surface area contributed by atoms with Gasteiger partial charge in [-0.15, -0.1) is 0 Å². The quantitative estimate of drug-likeness (QED) is 0.830. The van der Waals surface area contributed by atoms with Gasteiger partial charge in [-0.25, -0.2) is 4.79 Å². The van der Waals surface area contributed by atoms with E-state index in [1.54, 1.807) is 30.3 Å². The van der Waals surface area contributed by atoms with Crippen molar-refractivity contribution in [2.45, 2.75) is 0 Å². The van der Waals surface area contributed by atoms with E-state index in [4.69, 9.17) is 32.7 Å². The first-order valence-corrected chi connectivity index (χ1v) is 7.31. The number of hydrogen-bond donors (Lipinski definition) is 1. The molecular formula is C16H13Cl2NO4. The maximum absolute atomic E-state index is 11.9. The van der Waals surface area contributed by atoms with Crippen molar-refractivity contribution < 1.29 is 19.1 Å². The molecule has 0 unspecified atom stereocenters. The van der Waals surface area contributed by atoms with Gasteiger partial charge >= 0.3 is 5.97 Å². The van der Waals surface area contributed by atoms with Crippen molar-refractivity contribution in [2.24, 2.45) is 0 Å². The summed E-state index contributed by atoms with van der Waals surface area (Å²) in [5, 5.41) is 3.14. The molecule has 0 radical (unpaired) electrons. The summed E-state index contributed by atoms with van der Waals surface area (Å²) < 4.78 is 9.98. The van der Waals surface area contributed by atoms with Gasteiger partial charge < -0.3 is 14.8 Å². The molecule has 0 aromatic heterocycles. The Hall–Kier alpha value is -2.24. The summed E-state index contributed by atoms with van der Waals surface area (Å²) >= 11 is 11.7. The van der Waals surface area contributed by atoms with Crippen LogP contribution in [0, 0.1) is 0 Å². The minimum Gasteiger partial charge on any atom is -0.497 e. The maximum atomic E-state index is 11.9. The monoisotopic (exact) mass is 353 g/mol. The molecule has 0 bridgehead atoms. The van der Waals surface area contributed by atoms with E-state index in [9.17, 15) is 9.59 Å². The fourth-order valence-electron chi connectivity index (χ4n) is 1.76. The smallest absolute Gasteiger partial charge is 0.340 e. The second-order valence-electron chi connectivity index (χ2n) is 4.48. The van der Waals surface area contributed by atoms with Gasteiger partial charge in [0.25, 0.3) is 5.91 Å². The second kappa shape index (κ2) is 7.85. The maximum Gasteiger partial charge on any atom is 0.340 e. The third kappa shape index (κ3) is 4.87. The molecule has 1 amide bonds. The van der Waals surface area contributed by atoms with Gasteiger partial charge in [0.15, 0.2) is 6.61 Å². The zero-order valence-corrected chi connectivity index (χ0v) is 13.6. The number of halogens is 2. The van der Waals surface area contributed by atoms with Crippen LogP contribution in [0.5, 0.6) is 5.75 Å². The first-order chi connectivity index (χ1) is 11.0. The van der Waals surface area contributed by atoms with Gasteiger partial charge in [0.1, 0.15) is 5.75 Å². The molecule has 0 aliphatic carbocycles. The van der Waals surface area contributed by atoms with Crippen molar-refractivity contribution in [3.63, 3.8) is 0 Å². The van der Waals surface area contributed by atoms with Crippen LogP contribution in [0.4, 0.5) is 5.69 Å². The third-order valence-corrected chi connectivity index (χ3v) is 3.40. The van der Waals surface area contributed by atoms with Crippen molar-refractivity contribution in [3.05, 3.63) is 58.1 Å². The zero-order valence-electron chi connectivity index (χ0n) is 12.1. The molecule has 2 aromatic rings. The highest BCUT2D eigenvalue weighted by Crippen LogP contribution is 2.21. The van der Waals surface area contributed by atoms with Crippen molar-refractivity contribution >= 4 is 40.8 Å². The van der Waals surface area contributed by atoms with Gasteiger partial charge in [0, 0.05) is 16.8 Å². The average Bonchev–Trinajstić information content (AvgIpc) is 2.55. The van der Waals surface area contributed by atoms with Crippen molar-refractivity contribution in [1.29, 1.82) is 0 Å². The molecule has 5 nitrogen and oxygen atoms in total. The number of rotatable bonds is 5. The molecular weight excluding hydrogens is 341 g/mol. The van der Waals surface area contributed by atoms with Gasteiger partial charge in [-0.3, -0.25) is 4.79 Å². The van der Waals surface area contributed by atoms with Crippen LogP contribution in [0.1, 0.15) is 10.4 Å². The van der Waals surface area contributed by atoms with Crippen LogP contribution in [0.3, 0.4) is 0 Å². The van der Waals surface area contributed by atoms with Gasteiger partial charge in [-0.2, -0.15) is 0 Å². The van der Waals surface area contributed by atoms with E-state index in [0.29, 0.717) is 16.5 Å².